The number of aryl methyl sites for hydroxylation is 2. The van der Waals surface area contributed by atoms with E-state index in [-0.39, 0.29) is 0 Å². The molecule has 1 aliphatic carbocycles. The Labute approximate surface area is 78.0 Å². The largest absolute Gasteiger partial charge is 0.235 e. The lowest BCUT2D eigenvalue weighted by molar-refractivity contribution is 0.681. The summed E-state index contributed by atoms with van der Waals surface area (Å²) in [5.74, 6) is 0. The number of aromatic nitrogens is 1. The van der Waals surface area contributed by atoms with Crippen molar-refractivity contribution in [1.29, 1.82) is 0 Å². The summed E-state index contributed by atoms with van der Waals surface area (Å²) in [5.41, 5.74) is 1.38. The normalized spacial score (nSPS) is 16.9. The lowest BCUT2D eigenvalue weighted by Gasteiger charge is -2.06. The molecule has 0 unspecified atom stereocenters. The smallest absolute Gasteiger partial charge is 0.154 e. The molecule has 10 heavy (non-hydrogen) atoms. The second-order valence-electron chi connectivity index (χ2n) is 2.54. The highest BCUT2D eigenvalue weighted by molar-refractivity contribution is 14.1. The fourth-order valence-electron chi connectivity index (χ4n) is 1.32. The molecule has 1 heterocycles. The van der Waals surface area contributed by atoms with E-state index in [9.17, 15) is 0 Å². The Balaban J connectivity index is 2.41. The Hall–Kier alpha value is 0.360. The van der Waals surface area contributed by atoms with Gasteiger partial charge in [0, 0.05) is 4.88 Å². The van der Waals surface area contributed by atoms with Gasteiger partial charge in [0.25, 0.3) is 0 Å². The first-order valence-corrected chi connectivity index (χ1v) is 5.40. The molecule has 0 saturated heterocycles. The van der Waals surface area contributed by atoms with Crippen LogP contribution in [0.3, 0.4) is 0 Å². The minimum atomic E-state index is 1.21. The molecular formula is C7H8INS. The van der Waals surface area contributed by atoms with E-state index in [4.69, 9.17) is 0 Å². The molecule has 0 radical (unpaired) electrons. The minimum absolute atomic E-state index is 1.21. The zero-order valence-electron chi connectivity index (χ0n) is 5.56. The summed E-state index contributed by atoms with van der Waals surface area (Å²) in [5, 5.41) is 0. The van der Waals surface area contributed by atoms with E-state index < -0.39 is 0 Å². The summed E-state index contributed by atoms with van der Waals surface area (Å²) in [6, 6.07) is 0. The van der Waals surface area contributed by atoms with Gasteiger partial charge < -0.3 is 0 Å². The summed E-state index contributed by atoms with van der Waals surface area (Å²) in [6.45, 7) is 0. The van der Waals surface area contributed by atoms with Crippen LogP contribution in [0.15, 0.2) is 0 Å². The second-order valence-corrected chi connectivity index (χ2v) is 5.38. The maximum atomic E-state index is 4.46. The lowest BCUT2D eigenvalue weighted by atomic mass is 10.0. The summed E-state index contributed by atoms with van der Waals surface area (Å²) >= 11 is 4.17. The molecule has 0 saturated carbocycles. The van der Waals surface area contributed by atoms with Crippen molar-refractivity contribution in [3.63, 3.8) is 0 Å². The number of nitrogens with zero attached hydrogens (tertiary/aromatic N) is 1. The number of fused-ring (bicyclic) bond motifs is 1. The molecule has 0 aliphatic heterocycles. The van der Waals surface area contributed by atoms with Gasteiger partial charge in [-0.2, -0.15) is 0 Å². The van der Waals surface area contributed by atoms with E-state index in [0.29, 0.717) is 0 Å². The van der Waals surface area contributed by atoms with Gasteiger partial charge in [0.05, 0.1) is 5.69 Å². The number of halogens is 1. The van der Waals surface area contributed by atoms with E-state index in [1.54, 1.807) is 0 Å². The molecule has 1 aliphatic rings. The molecule has 3 heteroatoms. The van der Waals surface area contributed by atoms with Crippen LogP contribution in [0.25, 0.3) is 0 Å². The third-order valence-corrected chi connectivity index (χ3v) is 3.67. The number of thiazole rings is 1. The van der Waals surface area contributed by atoms with Gasteiger partial charge in [-0.1, -0.05) is 0 Å². The molecule has 1 nitrogen and oxygen atoms in total. The minimum Gasteiger partial charge on any atom is -0.235 e. The van der Waals surface area contributed by atoms with Gasteiger partial charge in [-0.25, -0.2) is 4.98 Å². The van der Waals surface area contributed by atoms with Crippen LogP contribution in [0.5, 0.6) is 0 Å². The highest BCUT2D eigenvalue weighted by atomic mass is 127. The van der Waals surface area contributed by atoms with Gasteiger partial charge in [0.2, 0.25) is 0 Å². The van der Waals surface area contributed by atoms with Crippen molar-refractivity contribution in [3.8, 4) is 0 Å². The maximum Gasteiger partial charge on any atom is 0.154 e. The van der Waals surface area contributed by atoms with Crippen molar-refractivity contribution < 1.29 is 0 Å². The first-order valence-electron chi connectivity index (χ1n) is 3.50. The summed E-state index contributed by atoms with van der Waals surface area (Å²) in [6.07, 6.45) is 5.20. The number of hydrogen-bond acceptors (Lipinski definition) is 2. The topological polar surface area (TPSA) is 12.9 Å². The highest BCUT2D eigenvalue weighted by Gasteiger charge is 2.13. The monoisotopic (exact) mass is 265 g/mol. The SMILES string of the molecule is Ic1nc2c(s1)CCCC2. The van der Waals surface area contributed by atoms with Crippen LogP contribution in [-0.2, 0) is 12.8 Å². The Morgan fingerprint density at radius 2 is 2.10 bits per heavy atom. The van der Waals surface area contributed by atoms with Crippen molar-refractivity contribution in [1.82, 2.24) is 4.98 Å². The van der Waals surface area contributed by atoms with E-state index in [2.05, 4.69) is 27.6 Å². The predicted molar refractivity (Wildman–Crippen MR) is 51.5 cm³/mol. The molecule has 1 aromatic heterocycles. The van der Waals surface area contributed by atoms with Crippen LogP contribution in [0, 0.1) is 3.01 Å². The molecule has 0 N–H and O–H groups in total. The summed E-state index contributed by atoms with van der Waals surface area (Å²) < 4.78 is 1.21. The van der Waals surface area contributed by atoms with Gasteiger partial charge in [-0.3, -0.25) is 0 Å². The number of rotatable bonds is 0. The summed E-state index contributed by atoms with van der Waals surface area (Å²) in [4.78, 5) is 5.99. The molecule has 0 fully saturated rings. The van der Waals surface area contributed by atoms with E-state index in [0.717, 1.165) is 0 Å². The zero-order chi connectivity index (χ0) is 6.97. The average molecular weight is 265 g/mol. The van der Waals surface area contributed by atoms with Gasteiger partial charge in [-0.05, 0) is 48.3 Å². The Morgan fingerprint density at radius 3 is 2.90 bits per heavy atom. The third kappa shape index (κ3) is 1.21. The van der Waals surface area contributed by atoms with Crippen LogP contribution in [0.1, 0.15) is 23.4 Å². The maximum absolute atomic E-state index is 4.46. The van der Waals surface area contributed by atoms with Gasteiger partial charge in [0.1, 0.15) is 0 Å². The molecule has 0 bridgehead atoms. The van der Waals surface area contributed by atoms with E-state index >= 15 is 0 Å². The fourth-order valence-corrected chi connectivity index (χ4v) is 3.28. The van der Waals surface area contributed by atoms with Crippen molar-refractivity contribution in [2.24, 2.45) is 0 Å². The fraction of sp³-hybridized carbons (Fsp3) is 0.571. The van der Waals surface area contributed by atoms with Gasteiger partial charge in [-0.15, -0.1) is 11.3 Å². The molecular weight excluding hydrogens is 257 g/mol. The molecule has 0 aromatic carbocycles. The van der Waals surface area contributed by atoms with Crippen molar-refractivity contribution in [2.75, 3.05) is 0 Å². The second kappa shape index (κ2) is 2.77. The van der Waals surface area contributed by atoms with Crippen LogP contribution in [0.2, 0.25) is 0 Å². The van der Waals surface area contributed by atoms with Crippen LogP contribution < -0.4 is 0 Å². The summed E-state index contributed by atoms with van der Waals surface area (Å²) in [7, 11) is 0. The standard InChI is InChI=1S/C7H8INS/c8-7-9-5-3-1-2-4-6(5)10-7/h1-4H2. The van der Waals surface area contributed by atoms with E-state index in [1.165, 1.54) is 39.3 Å². The molecule has 0 spiro atoms. The molecule has 54 valence electrons. The Bertz CT molecular complexity index is 220. The third-order valence-electron chi connectivity index (χ3n) is 1.82. The molecule has 1 aromatic rings. The van der Waals surface area contributed by atoms with Crippen molar-refractivity contribution in [3.05, 3.63) is 13.6 Å². The van der Waals surface area contributed by atoms with Gasteiger partial charge >= 0.3 is 0 Å². The molecule has 2 rings (SSSR count). The Morgan fingerprint density at radius 1 is 1.30 bits per heavy atom. The Kier molecular flexibility index (Phi) is 1.95. The lowest BCUT2D eigenvalue weighted by Crippen LogP contribution is -1.98. The number of hydrogen-bond donors (Lipinski definition) is 0. The first kappa shape index (κ1) is 7.03. The molecule has 0 amide bonds. The zero-order valence-corrected chi connectivity index (χ0v) is 8.54. The van der Waals surface area contributed by atoms with Crippen molar-refractivity contribution in [2.45, 2.75) is 25.7 Å². The highest BCUT2D eigenvalue weighted by Crippen LogP contribution is 2.26. The van der Waals surface area contributed by atoms with Crippen LogP contribution in [-0.4, -0.2) is 4.98 Å². The first-order chi connectivity index (χ1) is 4.86. The average Bonchev–Trinajstić information content (AvgIpc) is 2.27. The molecule has 0 atom stereocenters. The predicted octanol–water partition coefficient (Wildman–Crippen LogP) is 2.63. The van der Waals surface area contributed by atoms with Gasteiger partial charge in [0.15, 0.2) is 3.01 Å². The van der Waals surface area contributed by atoms with Crippen molar-refractivity contribution >= 4 is 33.9 Å². The van der Waals surface area contributed by atoms with Crippen LogP contribution >= 0.6 is 33.9 Å². The quantitative estimate of drug-likeness (QED) is 0.657. The van der Waals surface area contributed by atoms with Crippen LogP contribution in [0.4, 0.5) is 0 Å². The van der Waals surface area contributed by atoms with E-state index in [1.807, 2.05) is 11.3 Å².